The largest absolute Gasteiger partial charge is 0.417 e. The molecule has 0 unspecified atom stereocenters. The van der Waals surface area contributed by atoms with Gasteiger partial charge in [0.2, 0.25) is 0 Å². The van der Waals surface area contributed by atoms with E-state index in [-0.39, 0.29) is 5.54 Å². The molecule has 2 rings (SSSR count). The van der Waals surface area contributed by atoms with E-state index in [4.69, 9.17) is 0 Å². The fourth-order valence-electron chi connectivity index (χ4n) is 2.25. The van der Waals surface area contributed by atoms with E-state index in [0.29, 0.717) is 5.82 Å². The number of rotatable bonds is 1. The zero-order valence-corrected chi connectivity index (χ0v) is 9.88. The molecule has 0 aromatic carbocycles. The van der Waals surface area contributed by atoms with E-state index in [2.05, 4.69) is 23.7 Å². The van der Waals surface area contributed by atoms with Crippen molar-refractivity contribution in [1.29, 1.82) is 0 Å². The van der Waals surface area contributed by atoms with E-state index in [1.54, 1.807) is 0 Å². The van der Waals surface area contributed by atoms with E-state index in [1.165, 1.54) is 6.07 Å². The van der Waals surface area contributed by atoms with E-state index in [9.17, 15) is 13.2 Å². The van der Waals surface area contributed by atoms with E-state index in [1.807, 2.05) is 0 Å². The highest BCUT2D eigenvalue weighted by Crippen LogP contribution is 2.34. The molecule has 0 N–H and O–H groups in total. The van der Waals surface area contributed by atoms with Crippen LogP contribution in [0.4, 0.5) is 19.0 Å². The molecule has 0 saturated carbocycles. The number of hydrogen-bond acceptors (Lipinski definition) is 2. The van der Waals surface area contributed by atoms with Gasteiger partial charge in [-0.05, 0) is 38.8 Å². The molecule has 0 spiro atoms. The molecule has 1 saturated heterocycles. The topological polar surface area (TPSA) is 16.1 Å². The molecule has 1 aliphatic rings. The number of anilines is 1. The molecule has 0 bridgehead atoms. The van der Waals surface area contributed by atoms with E-state index >= 15 is 0 Å². The lowest BCUT2D eigenvalue weighted by Gasteiger charge is -2.32. The Kier molecular flexibility index (Phi) is 2.79. The minimum atomic E-state index is -4.31. The van der Waals surface area contributed by atoms with Crippen LogP contribution in [-0.4, -0.2) is 17.1 Å². The van der Waals surface area contributed by atoms with Crippen molar-refractivity contribution in [2.75, 3.05) is 11.4 Å². The van der Waals surface area contributed by atoms with Crippen LogP contribution < -0.4 is 4.90 Å². The zero-order chi connectivity index (χ0) is 12.7. The Hall–Kier alpha value is -1.26. The third-order valence-corrected chi connectivity index (χ3v) is 3.25. The second-order valence-corrected chi connectivity index (χ2v) is 4.97. The summed E-state index contributed by atoms with van der Waals surface area (Å²) in [6, 6.07) is 2.55. The number of halogens is 3. The van der Waals surface area contributed by atoms with Gasteiger partial charge in [0.05, 0.1) is 5.56 Å². The van der Waals surface area contributed by atoms with E-state index < -0.39 is 11.7 Å². The summed E-state index contributed by atoms with van der Waals surface area (Å²) >= 11 is 0. The number of nitrogens with zero attached hydrogens (tertiary/aromatic N) is 2. The van der Waals surface area contributed by atoms with Crippen LogP contribution in [0.5, 0.6) is 0 Å². The Morgan fingerprint density at radius 1 is 1.29 bits per heavy atom. The number of alkyl halides is 3. The maximum Gasteiger partial charge on any atom is 0.417 e. The lowest BCUT2D eigenvalue weighted by molar-refractivity contribution is -0.137. The zero-order valence-electron chi connectivity index (χ0n) is 9.88. The van der Waals surface area contributed by atoms with Crippen molar-refractivity contribution < 1.29 is 13.2 Å². The molecule has 1 aliphatic heterocycles. The predicted molar refractivity (Wildman–Crippen MR) is 59.9 cm³/mol. The van der Waals surface area contributed by atoms with Crippen molar-refractivity contribution in [1.82, 2.24) is 4.98 Å². The molecule has 5 heteroatoms. The van der Waals surface area contributed by atoms with Gasteiger partial charge in [0.15, 0.2) is 0 Å². The standard InChI is InChI=1S/C12H15F3N2/c1-11(2)6-3-7-17(11)10-5-4-9(8-16-10)12(13,14)15/h4-5,8H,3,6-7H2,1-2H3. The van der Waals surface area contributed by atoms with Crippen molar-refractivity contribution in [2.24, 2.45) is 0 Å². The van der Waals surface area contributed by atoms with Gasteiger partial charge in [-0.15, -0.1) is 0 Å². The molecule has 2 nitrogen and oxygen atoms in total. The lowest BCUT2D eigenvalue weighted by atomic mass is 10.0. The third kappa shape index (κ3) is 2.37. The van der Waals surface area contributed by atoms with Gasteiger partial charge in [0, 0.05) is 18.3 Å². The minimum absolute atomic E-state index is 0.0211. The summed E-state index contributed by atoms with van der Waals surface area (Å²) < 4.78 is 37.2. The summed E-state index contributed by atoms with van der Waals surface area (Å²) in [7, 11) is 0. The molecular weight excluding hydrogens is 229 g/mol. The molecule has 1 aromatic rings. The molecule has 2 heterocycles. The van der Waals surface area contributed by atoms with Crippen LogP contribution in [0.3, 0.4) is 0 Å². The molecule has 1 fully saturated rings. The van der Waals surface area contributed by atoms with Gasteiger partial charge in [-0.2, -0.15) is 13.2 Å². The van der Waals surface area contributed by atoms with Gasteiger partial charge in [-0.25, -0.2) is 4.98 Å². The van der Waals surface area contributed by atoms with Crippen LogP contribution in [0.1, 0.15) is 32.3 Å². The predicted octanol–water partition coefficient (Wildman–Crippen LogP) is 3.48. The highest BCUT2D eigenvalue weighted by molar-refractivity contribution is 5.44. The van der Waals surface area contributed by atoms with Gasteiger partial charge < -0.3 is 4.90 Å². The van der Waals surface area contributed by atoms with Crippen molar-refractivity contribution in [2.45, 2.75) is 38.4 Å². The SMILES string of the molecule is CC1(C)CCCN1c1ccc(C(F)(F)F)cn1. The molecular formula is C12H15F3N2. The monoisotopic (exact) mass is 244 g/mol. The van der Waals surface area contributed by atoms with Crippen LogP contribution >= 0.6 is 0 Å². The maximum atomic E-state index is 12.4. The average molecular weight is 244 g/mol. The van der Waals surface area contributed by atoms with Crippen LogP contribution in [0.2, 0.25) is 0 Å². The number of hydrogen-bond donors (Lipinski definition) is 0. The van der Waals surface area contributed by atoms with Crippen molar-refractivity contribution in [3.63, 3.8) is 0 Å². The van der Waals surface area contributed by atoms with Gasteiger partial charge in [-0.3, -0.25) is 0 Å². The summed E-state index contributed by atoms with van der Waals surface area (Å²) in [6.07, 6.45) is -1.32. The van der Waals surface area contributed by atoms with Gasteiger partial charge >= 0.3 is 6.18 Å². The van der Waals surface area contributed by atoms with Crippen molar-refractivity contribution in [3.8, 4) is 0 Å². The molecule has 1 aromatic heterocycles. The van der Waals surface area contributed by atoms with Crippen molar-refractivity contribution in [3.05, 3.63) is 23.9 Å². The summed E-state index contributed by atoms with van der Waals surface area (Å²) in [5.74, 6) is 0.625. The van der Waals surface area contributed by atoms with Gasteiger partial charge in [-0.1, -0.05) is 0 Å². The Labute approximate surface area is 98.5 Å². The second-order valence-electron chi connectivity index (χ2n) is 4.97. The summed E-state index contributed by atoms with van der Waals surface area (Å²) in [5.41, 5.74) is -0.717. The molecule has 0 atom stereocenters. The Bertz CT molecular complexity index is 395. The third-order valence-electron chi connectivity index (χ3n) is 3.25. The smallest absolute Gasteiger partial charge is 0.352 e. The molecule has 17 heavy (non-hydrogen) atoms. The molecule has 94 valence electrons. The quantitative estimate of drug-likeness (QED) is 0.751. The fourth-order valence-corrected chi connectivity index (χ4v) is 2.25. The van der Waals surface area contributed by atoms with Gasteiger partial charge in [0.1, 0.15) is 5.82 Å². The fraction of sp³-hybridized carbons (Fsp3) is 0.583. The van der Waals surface area contributed by atoms with E-state index in [0.717, 1.165) is 31.6 Å². The summed E-state index contributed by atoms with van der Waals surface area (Å²) in [5, 5.41) is 0. The van der Waals surface area contributed by atoms with Gasteiger partial charge in [0.25, 0.3) is 0 Å². The first-order valence-electron chi connectivity index (χ1n) is 5.62. The summed E-state index contributed by atoms with van der Waals surface area (Å²) in [4.78, 5) is 5.99. The number of pyridine rings is 1. The van der Waals surface area contributed by atoms with Crippen molar-refractivity contribution >= 4 is 5.82 Å². The average Bonchev–Trinajstić information content (AvgIpc) is 2.57. The van der Waals surface area contributed by atoms with Crippen LogP contribution in [0.25, 0.3) is 0 Å². The highest BCUT2D eigenvalue weighted by atomic mass is 19.4. The summed E-state index contributed by atoms with van der Waals surface area (Å²) in [6.45, 7) is 5.02. The molecule has 0 aliphatic carbocycles. The second kappa shape index (κ2) is 3.89. The van der Waals surface area contributed by atoms with Crippen LogP contribution in [-0.2, 0) is 6.18 Å². The normalized spacial score (nSPS) is 19.7. The first-order chi connectivity index (χ1) is 7.81. The minimum Gasteiger partial charge on any atom is -0.352 e. The Morgan fingerprint density at radius 3 is 2.41 bits per heavy atom. The van der Waals surface area contributed by atoms with Crippen LogP contribution in [0, 0.1) is 0 Å². The first kappa shape index (κ1) is 12.2. The highest BCUT2D eigenvalue weighted by Gasteiger charge is 2.34. The van der Waals surface area contributed by atoms with Crippen LogP contribution in [0.15, 0.2) is 18.3 Å². The molecule has 0 radical (unpaired) electrons. The first-order valence-corrected chi connectivity index (χ1v) is 5.62. The lowest BCUT2D eigenvalue weighted by Crippen LogP contribution is -2.38. The maximum absolute atomic E-state index is 12.4. The number of aromatic nitrogens is 1. The molecule has 0 amide bonds. The Balaban J connectivity index is 2.24. The Morgan fingerprint density at radius 2 is 2.00 bits per heavy atom.